The average molecular weight is 851 g/mol. The lowest BCUT2D eigenvalue weighted by molar-refractivity contribution is -0.547. The first-order chi connectivity index (χ1) is 28.9. The number of rotatable bonds is 15. The van der Waals surface area contributed by atoms with Crippen LogP contribution in [0.1, 0.15) is 97.9 Å². The van der Waals surface area contributed by atoms with Crippen molar-refractivity contribution < 1.29 is 43.0 Å². The fraction of sp³-hybridized carbons (Fsp3) is 0.417. The molecule has 1 aliphatic rings. The highest BCUT2D eigenvalue weighted by molar-refractivity contribution is 7.21. The number of hydrogen-bond acceptors (Lipinski definition) is 9. The highest BCUT2D eigenvalue weighted by atomic mass is 32.1. The van der Waals surface area contributed by atoms with Gasteiger partial charge in [-0.1, -0.05) is 67.6 Å². The molecule has 3 atom stereocenters. The quantitative estimate of drug-likeness (QED) is 0.0787. The van der Waals surface area contributed by atoms with E-state index in [-0.39, 0.29) is 12.5 Å². The number of carbonyl (C=O) groups is 3. The van der Waals surface area contributed by atoms with Gasteiger partial charge in [-0.05, 0) is 126 Å². The van der Waals surface area contributed by atoms with E-state index < -0.39 is 53.6 Å². The average Bonchev–Trinajstić information content (AvgIpc) is 3.72. The van der Waals surface area contributed by atoms with Crippen LogP contribution in [-0.2, 0) is 19.0 Å². The molecule has 6 rings (SSSR count). The summed E-state index contributed by atoms with van der Waals surface area (Å²) >= 11 is 1.35. The summed E-state index contributed by atoms with van der Waals surface area (Å²) < 4.78 is 26.8. The van der Waals surface area contributed by atoms with Crippen molar-refractivity contribution in [2.24, 2.45) is 5.92 Å². The molecule has 61 heavy (non-hydrogen) atoms. The van der Waals surface area contributed by atoms with Gasteiger partial charge in [-0.3, -0.25) is 4.79 Å². The summed E-state index contributed by atoms with van der Waals surface area (Å²) in [5, 5.41) is 19.7. The largest absolute Gasteiger partial charge is 0.530 e. The van der Waals surface area contributed by atoms with E-state index in [9.17, 15) is 19.5 Å². The number of fused-ring (bicyclic) bond motifs is 4. The van der Waals surface area contributed by atoms with Gasteiger partial charge < -0.3 is 39.1 Å². The van der Waals surface area contributed by atoms with E-state index in [1.54, 1.807) is 27.7 Å². The number of carboxylic acid groups (broad SMARTS) is 1. The van der Waals surface area contributed by atoms with Gasteiger partial charge in [-0.15, -0.1) is 0 Å². The van der Waals surface area contributed by atoms with Gasteiger partial charge in [0.15, 0.2) is 11.8 Å². The standard InChI is InChI=1S/C48H58N4O8S/c1-11-57-43(58-12-2)29(3)40(49-42(53)30(4)51(46(55)56)28-38-35-20-15-13-18-33(35)34-19-14-16-21-36(34)38)37-22-17-23-39-41(37)52(44(61-39)50-45(54)60-48(8,9)10)31-24-26-32(27-25-31)59-47(5,6)7/h13-27,29-30,38,40,43H,11-12,28H2,1-10H3,(H2,49,53,55,56)/t29-,30?,40-/m0/s1. The Morgan fingerprint density at radius 1 is 0.803 bits per heavy atom. The lowest BCUT2D eigenvalue weighted by Crippen LogP contribution is -2.55. The number of hydrogen-bond donors (Lipinski definition) is 2. The molecule has 1 aliphatic carbocycles. The maximum Gasteiger partial charge on any atom is 0.506 e. The van der Waals surface area contributed by atoms with Gasteiger partial charge in [0.2, 0.25) is 5.91 Å². The summed E-state index contributed by atoms with van der Waals surface area (Å²) in [6.07, 6.45) is -2.82. The van der Waals surface area contributed by atoms with Gasteiger partial charge in [0.1, 0.15) is 34.8 Å². The molecule has 1 unspecified atom stereocenters. The van der Waals surface area contributed by atoms with E-state index in [1.165, 1.54) is 11.3 Å². The van der Waals surface area contributed by atoms with Gasteiger partial charge in [-0.25, -0.2) is 0 Å². The van der Waals surface area contributed by atoms with Crippen molar-refractivity contribution in [2.75, 3.05) is 25.1 Å². The molecule has 12 nitrogen and oxygen atoms in total. The first-order valence-electron chi connectivity index (χ1n) is 20.9. The Kier molecular flexibility index (Phi) is 13.8. The van der Waals surface area contributed by atoms with Crippen molar-refractivity contribution in [1.29, 1.82) is 0 Å². The third kappa shape index (κ3) is 10.3. The van der Waals surface area contributed by atoms with Crippen molar-refractivity contribution >= 4 is 44.8 Å². The molecule has 0 fully saturated rings. The molecule has 0 radical (unpaired) electrons. The van der Waals surface area contributed by atoms with Gasteiger partial charge >= 0.3 is 11.2 Å². The first-order valence-corrected chi connectivity index (χ1v) is 21.7. The molecule has 5 aromatic rings. The monoisotopic (exact) mass is 850 g/mol. The molecule has 0 saturated heterocycles. The number of nitrogens with one attached hydrogen (secondary N) is 2. The first kappa shape index (κ1) is 45.0. The molecule has 2 N–H and O–H groups in total. The topological polar surface area (TPSA) is 142 Å². The minimum Gasteiger partial charge on any atom is -0.530 e. The summed E-state index contributed by atoms with van der Waals surface area (Å²) in [6, 6.07) is 27.3. The number of carbonyl (C=O) groups excluding carboxylic acids is 3. The van der Waals surface area contributed by atoms with Crippen LogP contribution in [0.5, 0.6) is 5.75 Å². The summed E-state index contributed by atoms with van der Waals surface area (Å²) in [4.78, 5) is 42.2. The van der Waals surface area contributed by atoms with Gasteiger partial charge in [-0.2, -0.15) is 14.7 Å². The molecule has 324 valence electrons. The Morgan fingerprint density at radius 2 is 1.39 bits per heavy atom. The summed E-state index contributed by atoms with van der Waals surface area (Å²) in [5.41, 5.74) is 5.01. The Balaban J connectivity index is 1.44. The van der Waals surface area contributed by atoms with Crippen LogP contribution in [0.3, 0.4) is 0 Å². The van der Waals surface area contributed by atoms with Crippen molar-refractivity contribution in [3.63, 3.8) is 0 Å². The van der Waals surface area contributed by atoms with Crippen molar-refractivity contribution in [3.05, 3.63) is 108 Å². The van der Waals surface area contributed by atoms with E-state index in [0.29, 0.717) is 40.9 Å². The summed E-state index contributed by atoms with van der Waals surface area (Å²) in [6.45, 7) is 19.3. The minimum atomic E-state index is -1.45. The highest BCUT2D eigenvalue weighted by Crippen LogP contribution is 2.45. The molecule has 0 spiro atoms. The van der Waals surface area contributed by atoms with Gasteiger partial charge in [0.05, 0.1) is 10.7 Å². The Labute approximate surface area is 362 Å². The second-order valence-electron chi connectivity index (χ2n) is 17.2. The van der Waals surface area contributed by atoms with Gasteiger partial charge in [0, 0.05) is 37.2 Å². The maximum absolute atomic E-state index is 14.7. The minimum absolute atomic E-state index is 0.0143. The van der Waals surface area contributed by atoms with E-state index in [4.69, 9.17) is 18.9 Å². The number of aromatic nitrogens is 1. The van der Waals surface area contributed by atoms with Crippen LogP contribution >= 0.6 is 11.3 Å². The zero-order valence-electron chi connectivity index (χ0n) is 36.7. The van der Waals surface area contributed by atoms with Crippen molar-refractivity contribution in [1.82, 2.24) is 10.2 Å². The normalized spacial score (nSPS) is 14.2. The number of ether oxygens (including phenoxy) is 4. The third-order valence-electron chi connectivity index (χ3n) is 10.5. The fourth-order valence-corrected chi connectivity index (χ4v) is 8.97. The lowest BCUT2D eigenvalue weighted by Gasteiger charge is -2.36. The fourth-order valence-electron chi connectivity index (χ4n) is 7.89. The lowest BCUT2D eigenvalue weighted by atomic mass is 9.92. The molecule has 4 aromatic carbocycles. The molecule has 3 amide bonds. The van der Waals surface area contributed by atoms with Crippen LogP contribution in [0.25, 0.3) is 27.0 Å². The number of thiazole rings is 1. The molecular formula is C48H58N4O8S. The number of anilines is 1. The van der Waals surface area contributed by atoms with Crippen molar-refractivity contribution in [3.8, 4) is 22.6 Å². The molecule has 1 heterocycles. The number of para-hydroxylation sites is 1. The summed E-state index contributed by atoms with van der Waals surface area (Å²) in [5.74, 6) is -0.652. The van der Waals surface area contributed by atoms with Crippen LogP contribution < -0.4 is 25.0 Å². The van der Waals surface area contributed by atoms with Gasteiger partial charge in [0.25, 0.3) is 0 Å². The molecule has 1 aromatic heterocycles. The zero-order valence-corrected chi connectivity index (χ0v) is 37.6. The van der Waals surface area contributed by atoms with E-state index in [2.05, 4.69) is 10.6 Å². The second kappa shape index (κ2) is 18.6. The zero-order chi connectivity index (χ0) is 44.2. The number of benzene rings is 4. The molecule has 0 saturated carbocycles. The second-order valence-corrected chi connectivity index (χ2v) is 18.2. The maximum atomic E-state index is 14.7. The van der Waals surface area contributed by atoms with Crippen molar-refractivity contribution in [2.45, 2.75) is 105 Å². The molecule has 0 bridgehead atoms. The molecule has 13 heteroatoms. The smallest absolute Gasteiger partial charge is 0.506 e. The van der Waals surface area contributed by atoms with Crippen LogP contribution in [0.15, 0.2) is 91.0 Å². The predicted octanol–water partition coefficient (Wildman–Crippen LogP) is 8.74. The van der Waals surface area contributed by atoms with Crippen LogP contribution in [0, 0.1) is 5.92 Å². The van der Waals surface area contributed by atoms with E-state index in [0.717, 1.165) is 31.9 Å². The van der Waals surface area contributed by atoms with Crippen LogP contribution in [0.4, 0.5) is 14.7 Å². The highest BCUT2D eigenvalue weighted by Gasteiger charge is 2.38. The third-order valence-corrected chi connectivity index (χ3v) is 11.5. The van der Waals surface area contributed by atoms with E-state index in [1.807, 2.05) is 137 Å². The Morgan fingerprint density at radius 3 is 1.93 bits per heavy atom. The van der Waals surface area contributed by atoms with Crippen LogP contribution in [0.2, 0.25) is 0 Å². The summed E-state index contributed by atoms with van der Waals surface area (Å²) in [7, 11) is 0. The Hall–Kier alpha value is -5.50. The molecule has 0 aliphatic heterocycles. The SMILES string of the molecule is CCOC(OCC)[C@@H](C)[C@H](NC(=O)C(C)N(CC1c2ccccc2-c2ccccc21)C(=O)[O-])c1cccc2sc(NC(=O)OC(C)(C)C)[n+](-c3ccc(OC(C)(C)C)cc3)c12. The number of nitrogens with zero attached hydrogens (tertiary/aromatic N) is 2. The Bertz CT molecular complexity index is 2300. The predicted molar refractivity (Wildman–Crippen MR) is 236 cm³/mol. The van der Waals surface area contributed by atoms with Crippen LogP contribution in [-0.4, -0.2) is 66.3 Å². The van der Waals surface area contributed by atoms with E-state index >= 15 is 0 Å². The molecular weight excluding hydrogens is 793 g/mol. The number of amides is 3.